The van der Waals surface area contributed by atoms with Crippen molar-refractivity contribution in [2.45, 2.75) is 19.8 Å². The van der Waals surface area contributed by atoms with Gasteiger partial charge >= 0.3 is 0 Å². The Morgan fingerprint density at radius 2 is 2.13 bits per heavy atom. The standard InChI is InChI=1S/C14H15N/c1-4-10(2)14-13-11(3)6-5-7-12(13)8-9-15-14/h4-10H,1H2,2-3H3. The third kappa shape index (κ3) is 1.65. The maximum Gasteiger partial charge on any atom is 0.0550 e. The number of aromatic nitrogens is 1. The van der Waals surface area contributed by atoms with E-state index in [1.807, 2.05) is 12.3 Å². The van der Waals surface area contributed by atoms with Crippen LogP contribution in [0.1, 0.15) is 24.1 Å². The molecule has 0 bridgehead atoms. The lowest BCUT2D eigenvalue weighted by Crippen LogP contribution is -1.96. The Labute approximate surface area is 90.5 Å². The van der Waals surface area contributed by atoms with Crippen molar-refractivity contribution in [2.75, 3.05) is 0 Å². The molecule has 0 amide bonds. The van der Waals surface area contributed by atoms with E-state index in [9.17, 15) is 0 Å². The van der Waals surface area contributed by atoms with E-state index in [2.05, 4.69) is 49.7 Å². The molecule has 1 aromatic carbocycles. The Balaban J connectivity index is 2.79. The Morgan fingerprint density at radius 1 is 1.33 bits per heavy atom. The van der Waals surface area contributed by atoms with Gasteiger partial charge in [-0.15, -0.1) is 6.58 Å². The summed E-state index contributed by atoms with van der Waals surface area (Å²) in [5.41, 5.74) is 2.41. The molecule has 1 nitrogen and oxygen atoms in total. The van der Waals surface area contributed by atoms with Gasteiger partial charge in [0.1, 0.15) is 0 Å². The summed E-state index contributed by atoms with van der Waals surface area (Å²) in [6.45, 7) is 8.09. The summed E-state index contributed by atoms with van der Waals surface area (Å²) < 4.78 is 0. The average molecular weight is 197 g/mol. The summed E-state index contributed by atoms with van der Waals surface area (Å²) in [6.07, 6.45) is 3.81. The highest BCUT2D eigenvalue weighted by Gasteiger charge is 2.08. The molecule has 0 saturated heterocycles. The van der Waals surface area contributed by atoms with Crippen molar-refractivity contribution in [3.8, 4) is 0 Å². The van der Waals surface area contributed by atoms with E-state index >= 15 is 0 Å². The van der Waals surface area contributed by atoms with Gasteiger partial charge in [-0.25, -0.2) is 0 Å². The molecule has 76 valence electrons. The maximum atomic E-state index is 4.47. The molecule has 1 heterocycles. The van der Waals surface area contributed by atoms with E-state index in [1.165, 1.54) is 16.3 Å². The van der Waals surface area contributed by atoms with Crippen LogP contribution in [0.2, 0.25) is 0 Å². The molecule has 2 rings (SSSR count). The first-order chi connectivity index (χ1) is 7.24. The average Bonchev–Trinajstić information content (AvgIpc) is 2.28. The zero-order valence-electron chi connectivity index (χ0n) is 9.20. The summed E-state index contributed by atoms with van der Waals surface area (Å²) in [5, 5.41) is 2.53. The van der Waals surface area contributed by atoms with Gasteiger partial charge in [-0.3, -0.25) is 4.98 Å². The summed E-state index contributed by atoms with van der Waals surface area (Å²) in [4.78, 5) is 4.47. The van der Waals surface area contributed by atoms with E-state index in [1.54, 1.807) is 0 Å². The van der Waals surface area contributed by atoms with Gasteiger partial charge in [0.15, 0.2) is 0 Å². The molecule has 0 aliphatic carbocycles. The summed E-state index contributed by atoms with van der Waals surface area (Å²) in [5.74, 6) is 0.301. The van der Waals surface area contributed by atoms with Gasteiger partial charge in [-0.05, 0) is 23.9 Å². The smallest absolute Gasteiger partial charge is 0.0550 e. The van der Waals surface area contributed by atoms with Crippen molar-refractivity contribution in [2.24, 2.45) is 0 Å². The van der Waals surface area contributed by atoms with Gasteiger partial charge in [-0.2, -0.15) is 0 Å². The predicted molar refractivity (Wildman–Crippen MR) is 65.1 cm³/mol. The van der Waals surface area contributed by atoms with Gasteiger partial charge in [0, 0.05) is 17.5 Å². The predicted octanol–water partition coefficient (Wildman–Crippen LogP) is 3.83. The number of pyridine rings is 1. The molecule has 0 aliphatic heterocycles. The minimum absolute atomic E-state index is 0.301. The molecule has 0 fully saturated rings. The van der Waals surface area contributed by atoms with E-state index in [4.69, 9.17) is 0 Å². The molecule has 0 aliphatic rings. The maximum absolute atomic E-state index is 4.47. The Morgan fingerprint density at radius 3 is 2.87 bits per heavy atom. The molecule has 1 unspecified atom stereocenters. The first-order valence-corrected chi connectivity index (χ1v) is 5.21. The normalized spacial score (nSPS) is 12.7. The van der Waals surface area contributed by atoms with Crippen molar-refractivity contribution in [1.29, 1.82) is 0 Å². The van der Waals surface area contributed by atoms with Crippen LogP contribution in [0.15, 0.2) is 43.1 Å². The monoisotopic (exact) mass is 197 g/mol. The fourth-order valence-corrected chi connectivity index (χ4v) is 1.90. The minimum Gasteiger partial charge on any atom is -0.260 e. The van der Waals surface area contributed by atoms with Crippen LogP contribution in [0.5, 0.6) is 0 Å². The minimum atomic E-state index is 0.301. The quantitative estimate of drug-likeness (QED) is 0.667. The molecule has 0 N–H and O–H groups in total. The van der Waals surface area contributed by atoms with Crippen LogP contribution in [-0.4, -0.2) is 4.98 Å². The van der Waals surface area contributed by atoms with Gasteiger partial charge < -0.3 is 0 Å². The lowest BCUT2D eigenvalue weighted by Gasteiger charge is -2.11. The van der Waals surface area contributed by atoms with Gasteiger partial charge in [0.2, 0.25) is 0 Å². The first-order valence-electron chi connectivity index (χ1n) is 5.21. The number of allylic oxidation sites excluding steroid dienone is 1. The Hall–Kier alpha value is -1.63. The molecule has 1 aromatic heterocycles. The first kappa shape index (κ1) is 9.91. The summed E-state index contributed by atoms with van der Waals surface area (Å²) in [7, 11) is 0. The zero-order chi connectivity index (χ0) is 10.8. The second-order valence-corrected chi connectivity index (χ2v) is 3.89. The van der Waals surface area contributed by atoms with Crippen molar-refractivity contribution >= 4 is 10.8 Å². The molecule has 1 atom stereocenters. The fraction of sp³-hybridized carbons (Fsp3) is 0.214. The van der Waals surface area contributed by atoms with E-state index in [0.717, 1.165) is 5.69 Å². The van der Waals surface area contributed by atoms with Crippen molar-refractivity contribution in [3.05, 3.63) is 54.4 Å². The molecule has 2 aromatic rings. The van der Waals surface area contributed by atoms with Crippen LogP contribution in [0, 0.1) is 6.92 Å². The molecule has 15 heavy (non-hydrogen) atoms. The Bertz CT molecular complexity index is 494. The number of benzene rings is 1. The second-order valence-electron chi connectivity index (χ2n) is 3.89. The van der Waals surface area contributed by atoms with E-state index < -0.39 is 0 Å². The number of hydrogen-bond donors (Lipinski definition) is 0. The van der Waals surface area contributed by atoms with Crippen molar-refractivity contribution < 1.29 is 0 Å². The topological polar surface area (TPSA) is 12.9 Å². The van der Waals surface area contributed by atoms with Crippen molar-refractivity contribution in [1.82, 2.24) is 4.98 Å². The highest BCUT2D eigenvalue weighted by Crippen LogP contribution is 2.26. The SMILES string of the molecule is C=CC(C)c1nccc2cccc(C)c12. The third-order valence-electron chi connectivity index (χ3n) is 2.81. The number of rotatable bonds is 2. The summed E-state index contributed by atoms with van der Waals surface area (Å²) in [6, 6.07) is 8.40. The van der Waals surface area contributed by atoms with Crippen LogP contribution < -0.4 is 0 Å². The van der Waals surface area contributed by atoms with E-state index in [0.29, 0.717) is 5.92 Å². The van der Waals surface area contributed by atoms with Crippen LogP contribution in [0.3, 0.4) is 0 Å². The number of hydrogen-bond acceptors (Lipinski definition) is 1. The fourth-order valence-electron chi connectivity index (χ4n) is 1.90. The van der Waals surface area contributed by atoms with Crippen molar-refractivity contribution in [3.63, 3.8) is 0 Å². The lowest BCUT2D eigenvalue weighted by molar-refractivity contribution is 0.923. The molecular formula is C14H15N. The number of fused-ring (bicyclic) bond motifs is 1. The van der Waals surface area contributed by atoms with Gasteiger partial charge in [0.25, 0.3) is 0 Å². The molecule has 0 saturated carbocycles. The molecular weight excluding hydrogens is 182 g/mol. The highest BCUT2D eigenvalue weighted by atomic mass is 14.7. The van der Waals surface area contributed by atoms with Gasteiger partial charge in [0.05, 0.1) is 5.69 Å². The number of nitrogens with zero attached hydrogens (tertiary/aromatic N) is 1. The molecule has 0 spiro atoms. The largest absolute Gasteiger partial charge is 0.260 e. The highest BCUT2D eigenvalue weighted by molar-refractivity contribution is 5.87. The third-order valence-corrected chi connectivity index (χ3v) is 2.81. The van der Waals surface area contributed by atoms with Crippen LogP contribution in [0.25, 0.3) is 10.8 Å². The van der Waals surface area contributed by atoms with E-state index in [-0.39, 0.29) is 0 Å². The second kappa shape index (κ2) is 3.85. The number of aryl methyl sites for hydroxylation is 1. The van der Waals surface area contributed by atoms with Crippen LogP contribution >= 0.6 is 0 Å². The van der Waals surface area contributed by atoms with Gasteiger partial charge in [-0.1, -0.05) is 31.2 Å². The van der Waals surface area contributed by atoms with Crippen LogP contribution in [0.4, 0.5) is 0 Å². The lowest BCUT2D eigenvalue weighted by atomic mass is 9.97. The Kier molecular flexibility index (Phi) is 2.55. The zero-order valence-corrected chi connectivity index (χ0v) is 9.20. The van der Waals surface area contributed by atoms with Crippen LogP contribution in [-0.2, 0) is 0 Å². The summed E-state index contributed by atoms with van der Waals surface area (Å²) >= 11 is 0. The molecule has 1 heteroatoms. The molecule has 0 radical (unpaired) electrons.